The molecule has 1 aromatic heterocycles. The Morgan fingerprint density at radius 1 is 0.342 bits per heavy atom. The van der Waals surface area contributed by atoms with Gasteiger partial charge in [-0.2, -0.15) is 0 Å². The number of rotatable bonds is 5. The van der Waals surface area contributed by atoms with Gasteiger partial charge in [0.1, 0.15) is 0 Å². The number of hydrogen-bond acceptors (Lipinski definition) is 2. The molecule has 1 spiro atoms. The van der Waals surface area contributed by atoms with E-state index in [-0.39, 0.29) is 10.8 Å². The average Bonchev–Trinajstić information content (AvgIpc) is 4.12. The molecule has 0 radical (unpaired) electrons. The van der Waals surface area contributed by atoms with Crippen molar-refractivity contribution in [3.8, 4) is 50.2 Å². The highest BCUT2D eigenvalue weighted by Gasteiger charge is 2.51. The van der Waals surface area contributed by atoms with Gasteiger partial charge in [0, 0.05) is 54.1 Å². The van der Waals surface area contributed by atoms with E-state index in [9.17, 15) is 0 Å². The fourth-order valence-electron chi connectivity index (χ4n) is 14.6. The normalized spacial score (nSPS) is 15.1. The van der Waals surface area contributed by atoms with E-state index < -0.39 is 5.41 Å². The summed E-state index contributed by atoms with van der Waals surface area (Å²) in [5.41, 5.74) is 27.4. The molecule has 0 saturated carbocycles. The van der Waals surface area contributed by atoms with Gasteiger partial charge in [-0.05, 0) is 162 Å². The molecule has 0 amide bonds. The number of benzene rings is 11. The van der Waals surface area contributed by atoms with Gasteiger partial charge in [0.25, 0.3) is 0 Å². The van der Waals surface area contributed by atoms with Crippen LogP contribution in [0.2, 0.25) is 0 Å². The quantitative estimate of drug-likeness (QED) is 0.170. The lowest BCUT2D eigenvalue weighted by Crippen LogP contribution is -2.32. The van der Waals surface area contributed by atoms with Gasteiger partial charge in [-0.3, -0.25) is 0 Å². The molecule has 360 valence electrons. The second kappa shape index (κ2) is 15.7. The molecule has 0 atom stereocenters. The van der Waals surface area contributed by atoms with Crippen LogP contribution in [0.4, 0.5) is 17.1 Å². The molecular formula is C73H52N2S. The summed E-state index contributed by atoms with van der Waals surface area (Å²) in [6.07, 6.45) is 0. The van der Waals surface area contributed by atoms with E-state index in [0.29, 0.717) is 0 Å². The van der Waals surface area contributed by atoms with Crippen LogP contribution in [-0.4, -0.2) is 4.57 Å². The van der Waals surface area contributed by atoms with Gasteiger partial charge in [0.05, 0.1) is 16.4 Å². The van der Waals surface area contributed by atoms with Crippen molar-refractivity contribution in [3.63, 3.8) is 0 Å². The van der Waals surface area contributed by atoms with Gasteiger partial charge < -0.3 is 9.47 Å². The van der Waals surface area contributed by atoms with Crippen LogP contribution in [0.15, 0.2) is 252 Å². The SMILES string of the molecule is CC1(C)c2ccccc2-c2ccc(N(c3ccccc3)c3ccc4c(c3)c3c5c(ccc3n4-c3cccc(-c4cccc6c4C4(c7ccccc7Sc7ccccc74)c4ccccc4-6)c3)-c3ccccc3C5(C)C)cc21. The van der Waals surface area contributed by atoms with E-state index in [2.05, 4.69) is 280 Å². The van der Waals surface area contributed by atoms with E-state index in [0.717, 1.165) is 22.7 Å². The Kier molecular flexibility index (Phi) is 9.04. The molecule has 3 aliphatic carbocycles. The molecule has 1 aliphatic heterocycles. The third kappa shape index (κ3) is 5.73. The first-order valence-electron chi connectivity index (χ1n) is 26.7. The van der Waals surface area contributed by atoms with Crippen LogP contribution in [0.25, 0.3) is 72.0 Å². The van der Waals surface area contributed by atoms with Crippen LogP contribution in [-0.2, 0) is 16.2 Å². The summed E-state index contributed by atoms with van der Waals surface area (Å²) in [5, 5.41) is 2.55. The molecule has 76 heavy (non-hydrogen) atoms. The Labute approximate surface area is 448 Å². The first-order valence-corrected chi connectivity index (χ1v) is 27.6. The van der Waals surface area contributed by atoms with Crippen molar-refractivity contribution in [1.82, 2.24) is 4.57 Å². The van der Waals surface area contributed by atoms with Crippen LogP contribution in [0.3, 0.4) is 0 Å². The van der Waals surface area contributed by atoms with Crippen LogP contribution in [0.1, 0.15) is 72.2 Å². The van der Waals surface area contributed by atoms with Gasteiger partial charge in [-0.1, -0.05) is 209 Å². The zero-order valence-electron chi connectivity index (χ0n) is 42.9. The molecule has 0 unspecified atom stereocenters. The maximum Gasteiger partial charge on any atom is 0.0741 e. The Bertz CT molecular complexity index is 4410. The zero-order valence-corrected chi connectivity index (χ0v) is 43.7. The van der Waals surface area contributed by atoms with Crippen molar-refractivity contribution in [3.05, 3.63) is 287 Å². The van der Waals surface area contributed by atoms with Gasteiger partial charge in [0.2, 0.25) is 0 Å². The van der Waals surface area contributed by atoms with Gasteiger partial charge >= 0.3 is 0 Å². The summed E-state index contributed by atoms with van der Waals surface area (Å²) in [7, 11) is 0. The van der Waals surface area contributed by atoms with Crippen LogP contribution < -0.4 is 4.90 Å². The van der Waals surface area contributed by atoms with Crippen molar-refractivity contribution < 1.29 is 0 Å². The second-order valence-corrected chi connectivity index (χ2v) is 23.4. The monoisotopic (exact) mass is 988 g/mol. The maximum absolute atomic E-state index is 2.55. The van der Waals surface area contributed by atoms with E-state index in [1.807, 2.05) is 11.8 Å². The molecule has 0 bridgehead atoms. The third-order valence-corrected chi connectivity index (χ3v) is 19.0. The van der Waals surface area contributed by atoms with Crippen molar-refractivity contribution in [2.24, 2.45) is 0 Å². The minimum atomic E-state index is -0.495. The summed E-state index contributed by atoms with van der Waals surface area (Å²) in [5.74, 6) is 0. The molecule has 4 aliphatic rings. The summed E-state index contributed by atoms with van der Waals surface area (Å²) >= 11 is 1.90. The van der Waals surface area contributed by atoms with Gasteiger partial charge in [0.15, 0.2) is 0 Å². The molecule has 0 saturated heterocycles. The predicted octanol–water partition coefficient (Wildman–Crippen LogP) is 19.4. The molecular weight excluding hydrogens is 937 g/mol. The third-order valence-electron chi connectivity index (χ3n) is 17.8. The van der Waals surface area contributed by atoms with E-state index in [1.165, 1.54) is 121 Å². The van der Waals surface area contributed by atoms with E-state index in [4.69, 9.17) is 0 Å². The Morgan fingerprint density at radius 3 is 1.59 bits per heavy atom. The van der Waals surface area contributed by atoms with Crippen molar-refractivity contribution >= 4 is 50.6 Å². The van der Waals surface area contributed by atoms with Gasteiger partial charge in [-0.15, -0.1) is 0 Å². The van der Waals surface area contributed by atoms with Crippen LogP contribution >= 0.6 is 11.8 Å². The largest absolute Gasteiger partial charge is 0.310 e. The first kappa shape index (κ1) is 43.7. The highest BCUT2D eigenvalue weighted by atomic mass is 32.2. The molecule has 2 heterocycles. The summed E-state index contributed by atoms with van der Waals surface area (Å²) in [4.78, 5) is 5.09. The zero-order chi connectivity index (χ0) is 50.7. The lowest BCUT2D eigenvalue weighted by Gasteiger charge is -2.40. The molecule has 11 aromatic carbocycles. The second-order valence-electron chi connectivity index (χ2n) is 22.3. The number of para-hydroxylation sites is 1. The summed E-state index contributed by atoms with van der Waals surface area (Å²) in [6.45, 7) is 9.60. The number of anilines is 3. The van der Waals surface area contributed by atoms with Crippen molar-refractivity contribution in [2.45, 2.75) is 53.7 Å². The fourth-order valence-corrected chi connectivity index (χ4v) is 15.8. The lowest BCUT2D eigenvalue weighted by molar-refractivity contribution is 0.660. The maximum atomic E-state index is 2.55. The highest BCUT2D eigenvalue weighted by molar-refractivity contribution is 7.99. The summed E-state index contributed by atoms with van der Waals surface area (Å²) in [6, 6.07) is 91.9. The Balaban J connectivity index is 0.936. The Morgan fingerprint density at radius 2 is 0.855 bits per heavy atom. The number of aromatic nitrogens is 1. The highest BCUT2D eigenvalue weighted by Crippen LogP contribution is 2.64. The molecule has 16 rings (SSSR count). The Hall–Kier alpha value is -8.63. The predicted molar refractivity (Wildman–Crippen MR) is 317 cm³/mol. The van der Waals surface area contributed by atoms with Crippen molar-refractivity contribution in [2.75, 3.05) is 4.90 Å². The van der Waals surface area contributed by atoms with Crippen LogP contribution in [0, 0.1) is 0 Å². The first-order chi connectivity index (χ1) is 37.2. The average molecular weight is 989 g/mol. The molecule has 0 N–H and O–H groups in total. The van der Waals surface area contributed by atoms with Crippen molar-refractivity contribution in [1.29, 1.82) is 0 Å². The standard InChI is InChI=1S/C73H52N2S/c1-71(2)58-29-11-8-24-51(58)54-38-36-49(44-63(54)71)74(46-21-6-5-7-22-46)48-37-40-64-57(43-48)68-65(41-39-56-52-25-9-12-30-59(52)72(3,4)70(56)68)75(64)47-23-18-20-45(42-47)50-27-19-28-55-53-26-10-13-31-60(53)73(69(50)55)61-32-14-16-34-66(61)76-67-35-17-15-33-62(67)73/h5-44H,1-4H3. The van der Waals surface area contributed by atoms with Crippen LogP contribution in [0.5, 0.6) is 0 Å². The summed E-state index contributed by atoms with van der Waals surface area (Å²) < 4.78 is 2.55. The molecule has 2 nitrogen and oxygen atoms in total. The number of hydrogen-bond donors (Lipinski definition) is 0. The topological polar surface area (TPSA) is 8.17 Å². The lowest BCUT2D eigenvalue weighted by atomic mass is 9.66. The minimum Gasteiger partial charge on any atom is -0.310 e. The molecule has 3 heteroatoms. The fraction of sp³-hybridized carbons (Fsp3) is 0.0959. The van der Waals surface area contributed by atoms with E-state index >= 15 is 0 Å². The minimum absolute atomic E-state index is 0.133. The smallest absolute Gasteiger partial charge is 0.0741 e. The molecule has 0 fully saturated rings. The molecule has 12 aromatic rings. The number of fused-ring (bicyclic) bond motifs is 19. The number of nitrogens with zero attached hydrogens (tertiary/aromatic N) is 2. The van der Waals surface area contributed by atoms with Gasteiger partial charge in [-0.25, -0.2) is 0 Å². The van der Waals surface area contributed by atoms with E-state index in [1.54, 1.807) is 0 Å².